The number of nitrogens with one attached hydrogen (secondary N) is 1. The second kappa shape index (κ2) is 6.22. The predicted octanol–water partition coefficient (Wildman–Crippen LogP) is 2.07. The Morgan fingerprint density at radius 2 is 2.26 bits per heavy atom. The van der Waals surface area contributed by atoms with Crippen LogP contribution in [-0.2, 0) is 0 Å². The van der Waals surface area contributed by atoms with Gasteiger partial charge in [0.15, 0.2) is 0 Å². The third-order valence-corrected chi connectivity index (χ3v) is 3.30. The first-order chi connectivity index (χ1) is 9.16. The van der Waals surface area contributed by atoms with Crippen molar-refractivity contribution in [3.63, 3.8) is 0 Å². The van der Waals surface area contributed by atoms with E-state index in [-0.39, 0.29) is 0 Å². The molecule has 1 aliphatic carbocycles. The molecule has 1 amide bonds. The summed E-state index contributed by atoms with van der Waals surface area (Å²) in [6.45, 7) is 0.753. The summed E-state index contributed by atoms with van der Waals surface area (Å²) in [5.74, 6) is -0.00251. The van der Waals surface area contributed by atoms with Crippen LogP contribution in [0.5, 0.6) is 0 Å². The number of carbonyl (C=O) groups excluding carboxylic acids is 1. The van der Waals surface area contributed by atoms with Crippen molar-refractivity contribution in [3.8, 4) is 0 Å². The van der Waals surface area contributed by atoms with Crippen LogP contribution in [0.2, 0.25) is 0 Å². The van der Waals surface area contributed by atoms with Crippen molar-refractivity contribution in [1.29, 1.82) is 0 Å². The van der Waals surface area contributed by atoms with Crippen LogP contribution in [0.3, 0.4) is 0 Å². The highest BCUT2D eigenvalue weighted by Crippen LogP contribution is 2.20. The molecule has 0 atom stereocenters. The number of amides is 1. The predicted molar refractivity (Wildman–Crippen MR) is 76.8 cm³/mol. The number of allylic oxidation sites excluding steroid dienone is 1. The van der Waals surface area contributed by atoms with Gasteiger partial charge in [-0.3, -0.25) is 4.79 Å². The Morgan fingerprint density at radius 3 is 2.95 bits per heavy atom. The highest BCUT2D eigenvalue weighted by Gasteiger charge is 2.10. The first-order valence-corrected chi connectivity index (χ1v) is 6.64. The van der Waals surface area contributed by atoms with Gasteiger partial charge in [-0.1, -0.05) is 11.6 Å². The Bertz CT molecular complexity index is 496. The maximum Gasteiger partial charge on any atom is 0.252 e. The van der Waals surface area contributed by atoms with Crippen LogP contribution in [0, 0.1) is 0 Å². The van der Waals surface area contributed by atoms with Gasteiger partial charge in [0.25, 0.3) is 5.91 Å². The fourth-order valence-electron chi connectivity index (χ4n) is 2.28. The summed E-state index contributed by atoms with van der Waals surface area (Å²) in [6.07, 6.45) is 9.75. The molecule has 1 aromatic rings. The van der Waals surface area contributed by atoms with E-state index in [1.807, 2.05) is 0 Å². The van der Waals surface area contributed by atoms with E-state index in [0.717, 1.165) is 13.0 Å². The Kier molecular flexibility index (Phi) is 4.39. The molecule has 0 spiro atoms. The lowest BCUT2D eigenvalue weighted by atomic mass is 9.97. The molecule has 2 rings (SSSR count). The number of nitrogens with zero attached hydrogens (tertiary/aromatic N) is 1. The highest BCUT2D eigenvalue weighted by molar-refractivity contribution is 5.98. The Labute approximate surface area is 113 Å². The fourth-order valence-corrected chi connectivity index (χ4v) is 2.28. The third-order valence-electron chi connectivity index (χ3n) is 3.30. The summed E-state index contributed by atoms with van der Waals surface area (Å²) in [4.78, 5) is 15.4. The van der Waals surface area contributed by atoms with Gasteiger partial charge in [0.05, 0.1) is 17.4 Å². The van der Waals surface area contributed by atoms with E-state index in [2.05, 4.69) is 16.4 Å². The number of carbonyl (C=O) groups is 1. The van der Waals surface area contributed by atoms with Gasteiger partial charge < -0.3 is 16.8 Å². The Morgan fingerprint density at radius 1 is 1.42 bits per heavy atom. The molecule has 19 heavy (non-hydrogen) atoms. The number of hydrogen-bond donors (Lipinski definition) is 3. The van der Waals surface area contributed by atoms with Gasteiger partial charge in [-0.05, 0) is 38.2 Å². The van der Waals surface area contributed by atoms with Crippen molar-refractivity contribution < 1.29 is 4.79 Å². The molecule has 0 radical (unpaired) electrons. The molecule has 0 fully saturated rings. The first kappa shape index (κ1) is 13.4. The van der Waals surface area contributed by atoms with Crippen LogP contribution >= 0.6 is 0 Å². The number of nitrogen functional groups attached to an aromatic ring is 1. The van der Waals surface area contributed by atoms with Gasteiger partial charge in [0, 0.05) is 6.54 Å². The summed E-state index contributed by atoms with van der Waals surface area (Å²) in [7, 11) is 0. The molecular weight excluding hydrogens is 240 g/mol. The van der Waals surface area contributed by atoms with Gasteiger partial charge in [-0.15, -0.1) is 0 Å². The normalized spacial score (nSPS) is 14.8. The number of anilines is 2. The van der Waals surface area contributed by atoms with Gasteiger partial charge in [-0.2, -0.15) is 0 Å². The average molecular weight is 260 g/mol. The molecular formula is C14H20N4O. The second-order valence-electron chi connectivity index (χ2n) is 4.81. The van der Waals surface area contributed by atoms with Crippen molar-refractivity contribution in [2.24, 2.45) is 5.73 Å². The summed E-state index contributed by atoms with van der Waals surface area (Å²) < 4.78 is 0. The minimum absolute atomic E-state index is 0.345. The molecule has 1 aliphatic rings. The third kappa shape index (κ3) is 3.71. The van der Waals surface area contributed by atoms with E-state index in [4.69, 9.17) is 11.5 Å². The topological polar surface area (TPSA) is 94.0 Å². The molecule has 0 saturated carbocycles. The lowest BCUT2D eigenvalue weighted by Crippen LogP contribution is -2.16. The van der Waals surface area contributed by atoms with Crippen molar-refractivity contribution in [2.45, 2.75) is 32.1 Å². The molecule has 5 nitrogen and oxygen atoms in total. The number of nitrogens with two attached hydrogens (primary N) is 2. The maximum atomic E-state index is 11.3. The fraction of sp³-hybridized carbons (Fsp3) is 0.429. The zero-order valence-corrected chi connectivity index (χ0v) is 11.0. The summed E-state index contributed by atoms with van der Waals surface area (Å²) >= 11 is 0. The number of hydrogen-bond acceptors (Lipinski definition) is 4. The SMILES string of the molecule is NC(=O)c1cc(N)cnc1NCCC1=CCCCC1. The van der Waals surface area contributed by atoms with E-state index in [1.54, 1.807) is 6.07 Å². The van der Waals surface area contributed by atoms with Crippen LogP contribution in [0.25, 0.3) is 0 Å². The zero-order chi connectivity index (χ0) is 13.7. The average Bonchev–Trinajstić information content (AvgIpc) is 2.41. The summed E-state index contributed by atoms with van der Waals surface area (Å²) in [6, 6.07) is 1.55. The van der Waals surface area contributed by atoms with Crippen molar-refractivity contribution in [3.05, 3.63) is 29.5 Å². The lowest BCUT2D eigenvalue weighted by Gasteiger charge is -2.14. The summed E-state index contributed by atoms with van der Waals surface area (Å²) in [5.41, 5.74) is 13.2. The van der Waals surface area contributed by atoms with E-state index < -0.39 is 5.91 Å². The molecule has 1 heterocycles. The molecule has 0 unspecified atom stereocenters. The van der Waals surface area contributed by atoms with Crippen LogP contribution < -0.4 is 16.8 Å². The van der Waals surface area contributed by atoms with Gasteiger partial charge in [-0.25, -0.2) is 4.98 Å². The zero-order valence-electron chi connectivity index (χ0n) is 11.0. The van der Waals surface area contributed by atoms with Gasteiger partial charge in [0.1, 0.15) is 5.82 Å². The second-order valence-corrected chi connectivity index (χ2v) is 4.81. The Hall–Kier alpha value is -2.04. The van der Waals surface area contributed by atoms with E-state index in [0.29, 0.717) is 17.1 Å². The van der Waals surface area contributed by atoms with Gasteiger partial charge >= 0.3 is 0 Å². The Balaban J connectivity index is 1.95. The monoisotopic (exact) mass is 260 g/mol. The van der Waals surface area contributed by atoms with Crippen molar-refractivity contribution in [1.82, 2.24) is 4.98 Å². The standard InChI is InChI=1S/C14H20N4O/c15-11-8-12(13(16)19)14(18-9-11)17-7-6-10-4-2-1-3-5-10/h4,8-9H,1-3,5-7,15H2,(H2,16,19)(H,17,18). The number of pyridine rings is 1. The molecule has 0 aliphatic heterocycles. The van der Waals surface area contributed by atoms with Crippen molar-refractivity contribution in [2.75, 3.05) is 17.6 Å². The quantitative estimate of drug-likeness (QED) is 0.706. The number of primary amides is 1. The molecule has 0 saturated heterocycles. The smallest absolute Gasteiger partial charge is 0.252 e. The molecule has 0 aromatic carbocycles. The minimum Gasteiger partial charge on any atom is -0.397 e. The minimum atomic E-state index is -0.515. The summed E-state index contributed by atoms with van der Waals surface area (Å²) in [5, 5.41) is 3.16. The maximum absolute atomic E-state index is 11.3. The number of rotatable bonds is 5. The molecule has 0 bridgehead atoms. The van der Waals surface area contributed by atoms with Crippen LogP contribution in [0.1, 0.15) is 42.5 Å². The first-order valence-electron chi connectivity index (χ1n) is 6.64. The van der Waals surface area contributed by atoms with Crippen LogP contribution in [0.4, 0.5) is 11.5 Å². The van der Waals surface area contributed by atoms with E-state index in [9.17, 15) is 4.79 Å². The molecule has 5 N–H and O–H groups in total. The largest absolute Gasteiger partial charge is 0.397 e. The van der Waals surface area contributed by atoms with E-state index >= 15 is 0 Å². The van der Waals surface area contributed by atoms with Crippen molar-refractivity contribution >= 4 is 17.4 Å². The number of aromatic nitrogens is 1. The van der Waals surface area contributed by atoms with Gasteiger partial charge in [0.2, 0.25) is 0 Å². The highest BCUT2D eigenvalue weighted by atomic mass is 16.1. The lowest BCUT2D eigenvalue weighted by molar-refractivity contribution is 0.100. The van der Waals surface area contributed by atoms with Crippen LogP contribution in [-0.4, -0.2) is 17.4 Å². The molecule has 5 heteroatoms. The molecule has 102 valence electrons. The van der Waals surface area contributed by atoms with Crippen LogP contribution in [0.15, 0.2) is 23.9 Å². The van der Waals surface area contributed by atoms with E-state index in [1.165, 1.54) is 37.5 Å². The molecule has 1 aromatic heterocycles.